The average molecular weight is 355 g/mol. The number of hydrogen-bond donors (Lipinski definition) is 1. The molecule has 0 saturated heterocycles. The molecule has 0 amide bonds. The Morgan fingerprint density at radius 3 is 2.70 bits per heavy atom. The summed E-state index contributed by atoms with van der Waals surface area (Å²) < 4.78 is 15.1. The van der Waals surface area contributed by atoms with E-state index >= 15 is 0 Å². The highest BCUT2D eigenvalue weighted by molar-refractivity contribution is 9.10. The Bertz CT molecular complexity index is 674. The maximum absolute atomic E-state index is 14.5. The first kappa shape index (κ1) is 14.1. The molecule has 1 atom stereocenters. The first-order valence-corrected chi connectivity index (χ1v) is 7.72. The van der Waals surface area contributed by atoms with Crippen molar-refractivity contribution in [3.8, 4) is 0 Å². The number of halogens is 3. The van der Waals surface area contributed by atoms with Crippen LogP contribution in [0.15, 0.2) is 40.9 Å². The van der Waals surface area contributed by atoms with Crippen molar-refractivity contribution in [1.82, 2.24) is 0 Å². The van der Waals surface area contributed by atoms with Gasteiger partial charge in [-0.2, -0.15) is 0 Å². The fourth-order valence-electron chi connectivity index (χ4n) is 3.02. The van der Waals surface area contributed by atoms with E-state index in [1.54, 1.807) is 12.1 Å². The maximum Gasteiger partial charge on any atom is 0.148 e. The van der Waals surface area contributed by atoms with Gasteiger partial charge in [-0.15, -0.1) is 0 Å². The lowest BCUT2D eigenvalue weighted by Gasteiger charge is -2.36. The molecule has 2 N–H and O–H groups in total. The molecule has 4 heteroatoms. The second-order valence-corrected chi connectivity index (χ2v) is 6.44. The minimum absolute atomic E-state index is 0.0929. The van der Waals surface area contributed by atoms with E-state index in [1.165, 1.54) is 5.56 Å². The molecular weight excluding hydrogens is 341 g/mol. The summed E-state index contributed by atoms with van der Waals surface area (Å²) in [6.45, 7) is 0. The predicted molar refractivity (Wildman–Crippen MR) is 83.5 cm³/mol. The van der Waals surface area contributed by atoms with Gasteiger partial charge in [-0.05, 0) is 52.4 Å². The third kappa shape index (κ3) is 2.09. The van der Waals surface area contributed by atoms with Crippen LogP contribution >= 0.6 is 27.5 Å². The average Bonchev–Trinajstić information content (AvgIpc) is 2.45. The first-order valence-electron chi connectivity index (χ1n) is 6.55. The van der Waals surface area contributed by atoms with E-state index < -0.39 is 11.4 Å². The van der Waals surface area contributed by atoms with Gasteiger partial charge in [0, 0.05) is 10.0 Å². The van der Waals surface area contributed by atoms with E-state index in [0.717, 1.165) is 24.8 Å². The molecule has 0 bridgehead atoms. The van der Waals surface area contributed by atoms with Crippen molar-refractivity contribution in [3.05, 3.63) is 68.4 Å². The first-order chi connectivity index (χ1) is 9.54. The zero-order valence-corrected chi connectivity index (χ0v) is 13.1. The van der Waals surface area contributed by atoms with E-state index in [1.807, 2.05) is 18.2 Å². The van der Waals surface area contributed by atoms with Crippen LogP contribution in [-0.2, 0) is 12.0 Å². The lowest BCUT2D eigenvalue weighted by Crippen LogP contribution is -2.42. The highest BCUT2D eigenvalue weighted by Gasteiger charge is 2.37. The SMILES string of the molecule is NC1(c2ccc(Br)c(Cl)c2F)CCCc2ccccc21. The molecule has 2 aromatic carbocycles. The lowest BCUT2D eigenvalue weighted by atomic mass is 9.73. The minimum Gasteiger partial charge on any atom is -0.318 e. The fraction of sp³-hybridized carbons (Fsp3) is 0.250. The number of fused-ring (bicyclic) bond motifs is 1. The topological polar surface area (TPSA) is 26.0 Å². The number of aryl methyl sites for hydroxylation is 1. The molecule has 0 heterocycles. The molecule has 104 valence electrons. The van der Waals surface area contributed by atoms with Gasteiger partial charge in [-0.3, -0.25) is 0 Å². The number of nitrogens with two attached hydrogens (primary N) is 1. The third-order valence-electron chi connectivity index (χ3n) is 4.03. The summed E-state index contributed by atoms with van der Waals surface area (Å²) in [5.74, 6) is -0.430. The quantitative estimate of drug-likeness (QED) is 0.733. The van der Waals surface area contributed by atoms with Crippen molar-refractivity contribution in [1.29, 1.82) is 0 Å². The van der Waals surface area contributed by atoms with Gasteiger partial charge in [0.05, 0.1) is 10.6 Å². The summed E-state index contributed by atoms with van der Waals surface area (Å²) in [5.41, 5.74) is 8.46. The van der Waals surface area contributed by atoms with Crippen molar-refractivity contribution in [2.45, 2.75) is 24.8 Å². The number of benzene rings is 2. The molecule has 2 aromatic rings. The zero-order chi connectivity index (χ0) is 14.3. The molecule has 0 aliphatic heterocycles. The highest BCUT2D eigenvalue weighted by atomic mass is 79.9. The van der Waals surface area contributed by atoms with Crippen molar-refractivity contribution in [2.24, 2.45) is 5.73 Å². The van der Waals surface area contributed by atoms with Crippen LogP contribution in [-0.4, -0.2) is 0 Å². The van der Waals surface area contributed by atoms with Crippen LogP contribution in [0.4, 0.5) is 4.39 Å². The highest BCUT2D eigenvalue weighted by Crippen LogP contribution is 2.41. The van der Waals surface area contributed by atoms with Gasteiger partial charge in [-0.1, -0.05) is 41.9 Å². The van der Waals surface area contributed by atoms with Crippen LogP contribution in [0.25, 0.3) is 0 Å². The van der Waals surface area contributed by atoms with Gasteiger partial charge < -0.3 is 5.73 Å². The molecule has 1 aliphatic carbocycles. The molecule has 1 aliphatic rings. The van der Waals surface area contributed by atoms with Gasteiger partial charge in [0.2, 0.25) is 0 Å². The van der Waals surface area contributed by atoms with Crippen molar-refractivity contribution in [3.63, 3.8) is 0 Å². The van der Waals surface area contributed by atoms with Crippen LogP contribution in [0.3, 0.4) is 0 Å². The predicted octanol–water partition coefficient (Wildman–Crippen LogP) is 4.78. The Kier molecular flexibility index (Phi) is 3.61. The van der Waals surface area contributed by atoms with Crippen molar-refractivity contribution in [2.75, 3.05) is 0 Å². The molecule has 1 unspecified atom stereocenters. The monoisotopic (exact) mass is 353 g/mol. The van der Waals surface area contributed by atoms with E-state index in [0.29, 0.717) is 10.0 Å². The Morgan fingerprint density at radius 1 is 1.15 bits per heavy atom. The Balaban J connectivity index is 2.22. The Hall–Kier alpha value is -0.900. The van der Waals surface area contributed by atoms with E-state index in [9.17, 15) is 4.39 Å². The van der Waals surface area contributed by atoms with Crippen molar-refractivity contribution < 1.29 is 4.39 Å². The van der Waals surface area contributed by atoms with E-state index in [-0.39, 0.29) is 5.02 Å². The van der Waals surface area contributed by atoms with Gasteiger partial charge >= 0.3 is 0 Å². The summed E-state index contributed by atoms with van der Waals surface area (Å²) >= 11 is 9.25. The summed E-state index contributed by atoms with van der Waals surface area (Å²) in [7, 11) is 0. The summed E-state index contributed by atoms with van der Waals surface area (Å²) in [6, 6.07) is 11.5. The molecule has 0 saturated carbocycles. The van der Waals surface area contributed by atoms with Crippen LogP contribution in [0.5, 0.6) is 0 Å². The lowest BCUT2D eigenvalue weighted by molar-refractivity contribution is 0.421. The zero-order valence-electron chi connectivity index (χ0n) is 10.8. The summed E-state index contributed by atoms with van der Waals surface area (Å²) in [4.78, 5) is 0. The third-order valence-corrected chi connectivity index (χ3v) is 5.29. The number of hydrogen-bond acceptors (Lipinski definition) is 1. The molecule has 1 nitrogen and oxygen atoms in total. The molecule has 3 rings (SSSR count). The van der Waals surface area contributed by atoms with Crippen LogP contribution < -0.4 is 5.73 Å². The molecule has 0 spiro atoms. The van der Waals surface area contributed by atoms with Crippen LogP contribution in [0.1, 0.15) is 29.5 Å². The van der Waals surface area contributed by atoms with Crippen LogP contribution in [0.2, 0.25) is 5.02 Å². The fourth-order valence-corrected chi connectivity index (χ4v) is 3.49. The maximum atomic E-state index is 14.5. The smallest absolute Gasteiger partial charge is 0.148 e. The van der Waals surface area contributed by atoms with Gasteiger partial charge in [-0.25, -0.2) is 4.39 Å². The molecule has 0 fully saturated rings. The number of rotatable bonds is 1. The van der Waals surface area contributed by atoms with Gasteiger partial charge in [0.15, 0.2) is 0 Å². The van der Waals surface area contributed by atoms with E-state index in [2.05, 4.69) is 22.0 Å². The molecular formula is C16H14BrClFN. The Labute approximate surface area is 131 Å². The minimum atomic E-state index is -0.802. The molecule has 0 aromatic heterocycles. The van der Waals surface area contributed by atoms with Gasteiger partial charge in [0.1, 0.15) is 5.82 Å². The standard InChI is InChI=1S/C16H14BrClFN/c17-13-8-7-12(15(19)14(13)18)16(20)9-3-5-10-4-1-2-6-11(10)16/h1-2,4,6-8H,3,5,9,20H2. The Morgan fingerprint density at radius 2 is 1.90 bits per heavy atom. The van der Waals surface area contributed by atoms with Gasteiger partial charge in [0.25, 0.3) is 0 Å². The second-order valence-electron chi connectivity index (χ2n) is 5.20. The van der Waals surface area contributed by atoms with Crippen LogP contribution in [0, 0.1) is 5.82 Å². The summed E-state index contributed by atoms with van der Waals surface area (Å²) in [5, 5.41) is 0.0929. The normalized spacial score (nSPS) is 21.6. The second kappa shape index (κ2) is 5.14. The largest absolute Gasteiger partial charge is 0.318 e. The summed E-state index contributed by atoms with van der Waals surface area (Å²) in [6.07, 6.45) is 2.65. The van der Waals surface area contributed by atoms with E-state index in [4.69, 9.17) is 17.3 Å². The molecule has 0 radical (unpaired) electrons. The molecule has 20 heavy (non-hydrogen) atoms. The van der Waals surface area contributed by atoms with Crippen molar-refractivity contribution >= 4 is 27.5 Å².